The molecule has 0 radical (unpaired) electrons. The lowest BCUT2D eigenvalue weighted by atomic mass is 9.96. The Labute approximate surface area is 223 Å². The number of benzene rings is 1. The molecule has 1 aromatic carbocycles. The fraction of sp³-hybridized carbons (Fsp3) is 0.379. The van der Waals surface area contributed by atoms with Gasteiger partial charge >= 0.3 is 0 Å². The highest BCUT2D eigenvalue weighted by Gasteiger charge is 2.21. The van der Waals surface area contributed by atoms with E-state index in [2.05, 4.69) is 43.3 Å². The number of amides is 2. The van der Waals surface area contributed by atoms with Crippen LogP contribution in [0.15, 0.2) is 48.1 Å². The van der Waals surface area contributed by atoms with Gasteiger partial charge in [-0.3, -0.25) is 14.4 Å². The van der Waals surface area contributed by atoms with Crippen molar-refractivity contribution in [3.8, 4) is 11.3 Å². The Hall–Kier alpha value is -3.52. The molecule has 2 aromatic heterocycles. The maximum atomic E-state index is 12.8. The maximum absolute atomic E-state index is 12.8. The van der Waals surface area contributed by atoms with Crippen molar-refractivity contribution in [2.75, 3.05) is 5.32 Å². The summed E-state index contributed by atoms with van der Waals surface area (Å²) in [6.45, 7) is 11.8. The van der Waals surface area contributed by atoms with E-state index in [0.29, 0.717) is 28.4 Å². The summed E-state index contributed by atoms with van der Waals surface area (Å²) in [6, 6.07) is 6.72. The molecule has 1 atom stereocenters. The van der Waals surface area contributed by atoms with Crippen molar-refractivity contribution in [1.82, 2.24) is 14.9 Å². The molecule has 8 heteroatoms. The van der Waals surface area contributed by atoms with Crippen molar-refractivity contribution < 1.29 is 14.4 Å². The summed E-state index contributed by atoms with van der Waals surface area (Å²) in [5.74, 6) is -0.557. The predicted molar refractivity (Wildman–Crippen MR) is 151 cm³/mol. The Kier molecular flexibility index (Phi) is 9.21. The molecule has 0 spiro atoms. The Morgan fingerprint density at radius 3 is 2.59 bits per heavy atom. The number of ketones is 1. The zero-order valence-electron chi connectivity index (χ0n) is 22.4. The van der Waals surface area contributed by atoms with Crippen LogP contribution in [0.3, 0.4) is 0 Å². The summed E-state index contributed by atoms with van der Waals surface area (Å²) in [6.07, 6.45) is 9.80. The summed E-state index contributed by atoms with van der Waals surface area (Å²) in [5.41, 5.74) is 3.42. The molecule has 0 fully saturated rings. The number of nitrogens with one attached hydrogen (secondary N) is 2. The Bertz CT molecular complexity index is 1300. The Morgan fingerprint density at radius 2 is 1.95 bits per heavy atom. The van der Waals surface area contributed by atoms with Crippen LogP contribution in [-0.2, 0) is 10.3 Å². The van der Waals surface area contributed by atoms with Crippen LogP contribution < -0.4 is 10.6 Å². The van der Waals surface area contributed by atoms with Gasteiger partial charge in [0, 0.05) is 40.9 Å². The molecule has 2 amide bonds. The molecule has 0 saturated carbocycles. The second-order valence-electron chi connectivity index (χ2n) is 10.0. The van der Waals surface area contributed by atoms with Crippen molar-refractivity contribution >= 4 is 40.1 Å². The van der Waals surface area contributed by atoms with Crippen molar-refractivity contribution in [3.05, 3.63) is 64.8 Å². The fourth-order valence-electron chi connectivity index (χ4n) is 3.72. The molecule has 0 bridgehead atoms. The predicted octanol–water partition coefficient (Wildman–Crippen LogP) is 6.53. The summed E-state index contributed by atoms with van der Waals surface area (Å²) in [7, 11) is 0. The summed E-state index contributed by atoms with van der Waals surface area (Å²) < 4.78 is 1.96. The van der Waals surface area contributed by atoms with Gasteiger partial charge in [0.15, 0.2) is 10.9 Å². The minimum atomic E-state index is -0.749. The molecule has 1 unspecified atom stereocenters. The number of unbranched alkanes of at least 4 members (excludes halogenated alkanes) is 1. The van der Waals surface area contributed by atoms with Crippen LogP contribution in [0.1, 0.15) is 87.1 Å². The highest BCUT2D eigenvalue weighted by atomic mass is 32.1. The number of hydrogen-bond donors (Lipinski definition) is 2. The first kappa shape index (κ1) is 28.1. The number of aromatic nitrogens is 2. The van der Waals surface area contributed by atoms with Crippen molar-refractivity contribution in [2.45, 2.75) is 72.4 Å². The van der Waals surface area contributed by atoms with Gasteiger partial charge in [0.05, 0.1) is 11.3 Å². The minimum absolute atomic E-state index is 0.114. The Balaban J connectivity index is 1.68. The number of Topliss-reactive ketones (excluding diaryl/α,β-unsaturated/α-hetero) is 1. The van der Waals surface area contributed by atoms with Gasteiger partial charge in [-0.2, -0.15) is 0 Å². The van der Waals surface area contributed by atoms with Crippen molar-refractivity contribution in [2.24, 2.45) is 0 Å². The van der Waals surface area contributed by atoms with Crippen LogP contribution in [0.2, 0.25) is 0 Å². The van der Waals surface area contributed by atoms with Crippen LogP contribution in [0.25, 0.3) is 17.3 Å². The maximum Gasteiger partial charge on any atom is 0.253 e. The highest BCUT2D eigenvalue weighted by molar-refractivity contribution is 7.14. The SMILES string of the molecule is C/C=C\c1ccc(-c2csc(NC(=O)C(C)NC(=O)c3ccn(C(C)(C)C)c3)n2)cc1C(=O)CCCC. The second-order valence-corrected chi connectivity index (χ2v) is 10.9. The zero-order chi connectivity index (χ0) is 27.2. The topological polar surface area (TPSA) is 93.1 Å². The van der Waals surface area contributed by atoms with Crippen LogP contribution >= 0.6 is 11.3 Å². The molecular weight excluding hydrogens is 484 g/mol. The van der Waals surface area contributed by atoms with Gasteiger partial charge in [0.2, 0.25) is 5.91 Å². The van der Waals surface area contributed by atoms with E-state index in [1.807, 2.05) is 53.4 Å². The average molecular weight is 521 g/mol. The molecule has 0 saturated heterocycles. The highest BCUT2D eigenvalue weighted by Crippen LogP contribution is 2.28. The molecule has 0 aliphatic carbocycles. The number of anilines is 1. The fourth-order valence-corrected chi connectivity index (χ4v) is 4.45. The van der Waals surface area contributed by atoms with Gasteiger partial charge in [-0.15, -0.1) is 11.3 Å². The van der Waals surface area contributed by atoms with Crippen LogP contribution in [0.4, 0.5) is 5.13 Å². The van der Waals surface area contributed by atoms with E-state index in [1.165, 1.54) is 11.3 Å². The molecule has 2 N–H and O–H groups in total. The van der Waals surface area contributed by atoms with Gasteiger partial charge in [-0.25, -0.2) is 4.98 Å². The van der Waals surface area contributed by atoms with Gasteiger partial charge in [-0.1, -0.05) is 37.6 Å². The largest absolute Gasteiger partial charge is 0.348 e. The van der Waals surface area contributed by atoms with Gasteiger partial charge in [0.25, 0.3) is 5.91 Å². The first-order valence-corrected chi connectivity index (χ1v) is 13.5. The standard InChI is InChI=1S/C29H36N4O3S/c1-7-9-11-25(34)23-16-21(13-12-20(23)10-8-2)24-18-37-28(31-24)32-26(35)19(3)30-27(36)22-14-15-33(17-22)29(4,5)6/h8,10,12-19H,7,9,11H2,1-6H3,(H,30,36)(H,31,32,35)/b10-8-. The van der Waals surface area contributed by atoms with E-state index in [9.17, 15) is 14.4 Å². The lowest BCUT2D eigenvalue weighted by Gasteiger charge is -2.20. The molecule has 7 nitrogen and oxygen atoms in total. The first-order valence-electron chi connectivity index (χ1n) is 12.6. The van der Waals surface area contributed by atoms with Crippen LogP contribution in [0.5, 0.6) is 0 Å². The quantitative estimate of drug-likeness (QED) is 0.297. The monoisotopic (exact) mass is 520 g/mol. The van der Waals surface area contributed by atoms with Gasteiger partial charge in [0.1, 0.15) is 6.04 Å². The van der Waals surface area contributed by atoms with E-state index in [1.54, 1.807) is 19.2 Å². The molecule has 37 heavy (non-hydrogen) atoms. The zero-order valence-corrected chi connectivity index (χ0v) is 23.2. The third-order valence-corrected chi connectivity index (χ3v) is 6.72. The smallest absolute Gasteiger partial charge is 0.253 e. The summed E-state index contributed by atoms with van der Waals surface area (Å²) in [5, 5.41) is 7.80. The van der Waals surface area contributed by atoms with E-state index in [0.717, 1.165) is 24.0 Å². The van der Waals surface area contributed by atoms with Crippen LogP contribution in [0, 0.1) is 0 Å². The van der Waals surface area contributed by atoms with Gasteiger partial charge in [-0.05, 0) is 58.7 Å². The lowest BCUT2D eigenvalue weighted by molar-refractivity contribution is -0.117. The summed E-state index contributed by atoms with van der Waals surface area (Å²) in [4.78, 5) is 42.7. The van der Waals surface area contributed by atoms with Crippen molar-refractivity contribution in [3.63, 3.8) is 0 Å². The number of thiazole rings is 1. The van der Waals surface area contributed by atoms with E-state index in [-0.39, 0.29) is 23.1 Å². The molecule has 3 rings (SSSR count). The Morgan fingerprint density at radius 1 is 1.19 bits per heavy atom. The number of carbonyl (C=O) groups is 3. The van der Waals surface area contributed by atoms with Crippen LogP contribution in [-0.4, -0.2) is 33.2 Å². The van der Waals surface area contributed by atoms with Crippen molar-refractivity contribution in [1.29, 1.82) is 0 Å². The minimum Gasteiger partial charge on any atom is -0.348 e. The molecule has 2 heterocycles. The molecule has 196 valence electrons. The molecular formula is C29H36N4O3S. The molecule has 0 aliphatic heterocycles. The molecule has 0 aliphatic rings. The third-order valence-electron chi connectivity index (χ3n) is 5.96. The number of allylic oxidation sites excluding steroid dienone is 1. The average Bonchev–Trinajstić information content (AvgIpc) is 3.53. The molecule has 3 aromatic rings. The number of carbonyl (C=O) groups excluding carboxylic acids is 3. The lowest BCUT2D eigenvalue weighted by Crippen LogP contribution is -2.41. The van der Waals surface area contributed by atoms with E-state index < -0.39 is 6.04 Å². The van der Waals surface area contributed by atoms with E-state index >= 15 is 0 Å². The normalized spacial score (nSPS) is 12.5. The number of hydrogen-bond acceptors (Lipinski definition) is 5. The first-order chi connectivity index (χ1) is 17.5. The summed E-state index contributed by atoms with van der Waals surface area (Å²) >= 11 is 1.30. The third kappa shape index (κ3) is 7.26. The van der Waals surface area contributed by atoms with Gasteiger partial charge < -0.3 is 15.2 Å². The number of nitrogens with zero attached hydrogens (tertiary/aromatic N) is 2. The second kappa shape index (κ2) is 12.1. The number of rotatable bonds is 10. The van der Waals surface area contributed by atoms with E-state index in [4.69, 9.17) is 0 Å².